The molecule has 0 aromatic heterocycles. The third kappa shape index (κ3) is 2.62. The Labute approximate surface area is 104 Å². The highest BCUT2D eigenvalue weighted by atomic mass is 16.6. The number of hydrogen-bond donors (Lipinski definition) is 3. The van der Waals surface area contributed by atoms with Gasteiger partial charge in [0.2, 0.25) is 12.0 Å². The number of guanidine groups is 1. The van der Waals surface area contributed by atoms with Crippen molar-refractivity contribution in [1.82, 2.24) is 0 Å². The predicted molar refractivity (Wildman–Crippen MR) is 65.9 cm³/mol. The first kappa shape index (κ1) is 12.0. The second-order valence-corrected chi connectivity index (χ2v) is 3.56. The summed E-state index contributed by atoms with van der Waals surface area (Å²) in [5.41, 5.74) is 11.2. The van der Waals surface area contributed by atoms with Gasteiger partial charge in [0.05, 0.1) is 7.11 Å². The van der Waals surface area contributed by atoms with Crippen molar-refractivity contribution in [3.05, 3.63) is 17.7 Å². The SMILES string of the molecule is COc1cc(/C=[NH+]/N=C(N)N)cc2c1OCCO2. The minimum atomic E-state index is -0.0456. The smallest absolute Gasteiger partial charge is 0.256 e. The fourth-order valence-corrected chi connectivity index (χ4v) is 1.56. The number of nitrogens with zero attached hydrogens (tertiary/aromatic N) is 1. The molecular formula is C11H15N4O3+. The van der Waals surface area contributed by atoms with Crippen LogP contribution in [0.4, 0.5) is 0 Å². The zero-order valence-electron chi connectivity index (χ0n) is 9.97. The summed E-state index contributed by atoms with van der Waals surface area (Å²) in [6, 6.07) is 3.61. The van der Waals surface area contributed by atoms with E-state index in [0.717, 1.165) is 5.56 Å². The minimum absolute atomic E-state index is 0.0456. The number of benzene rings is 1. The van der Waals surface area contributed by atoms with Crippen molar-refractivity contribution in [1.29, 1.82) is 0 Å². The van der Waals surface area contributed by atoms with Crippen LogP contribution in [0.5, 0.6) is 17.2 Å². The number of ether oxygens (including phenoxy) is 3. The van der Waals surface area contributed by atoms with Gasteiger partial charge in [-0.25, -0.2) is 0 Å². The van der Waals surface area contributed by atoms with Crippen LogP contribution in [0, 0.1) is 0 Å². The van der Waals surface area contributed by atoms with Gasteiger partial charge < -0.3 is 25.7 Å². The first-order valence-corrected chi connectivity index (χ1v) is 5.35. The van der Waals surface area contributed by atoms with Gasteiger partial charge in [0.15, 0.2) is 11.5 Å². The molecule has 0 atom stereocenters. The molecule has 0 unspecified atom stereocenters. The van der Waals surface area contributed by atoms with E-state index >= 15 is 0 Å². The fraction of sp³-hybridized carbons (Fsp3) is 0.273. The van der Waals surface area contributed by atoms with Crippen LogP contribution in [0.3, 0.4) is 0 Å². The Hall–Kier alpha value is -2.44. The number of fused-ring (bicyclic) bond motifs is 1. The number of rotatable bonds is 3. The maximum absolute atomic E-state index is 5.50. The van der Waals surface area contributed by atoms with Gasteiger partial charge in [-0.2, -0.15) is 0 Å². The van der Waals surface area contributed by atoms with Gasteiger partial charge in [0, 0.05) is 10.7 Å². The van der Waals surface area contributed by atoms with Gasteiger partial charge in [-0.1, -0.05) is 0 Å². The Kier molecular flexibility index (Phi) is 3.52. The van der Waals surface area contributed by atoms with E-state index in [4.69, 9.17) is 25.7 Å². The maximum Gasteiger partial charge on any atom is 0.256 e. The zero-order chi connectivity index (χ0) is 13.0. The molecule has 0 amide bonds. The summed E-state index contributed by atoms with van der Waals surface area (Å²) >= 11 is 0. The summed E-state index contributed by atoms with van der Waals surface area (Å²) in [5.74, 6) is 1.81. The summed E-state index contributed by atoms with van der Waals surface area (Å²) in [7, 11) is 1.57. The van der Waals surface area contributed by atoms with E-state index in [0.29, 0.717) is 30.5 Å². The van der Waals surface area contributed by atoms with E-state index in [2.05, 4.69) is 10.2 Å². The van der Waals surface area contributed by atoms with Gasteiger partial charge >= 0.3 is 0 Å². The van der Waals surface area contributed by atoms with Crippen LogP contribution in [0.15, 0.2) is 17.2 Å². The third-order valence-electron chi connectivity index (χ3n) is 2.28. The Morgan fingerprint density at radius 2 is 2.17 bits per heavy atom. The monoisotopic (exact) mass is 251 g/mol. The molecule has 0 fully saturated rings. The molecule has 5 N–H and O–H groups in total. The van der Waals surface area contributed by atoms with E-state index in [9.17, 15) is 0 Å². The van der Waals surface area contributed by atoms with Crippen molar-refractivity contribution in [2.75, 3.05) is 20.3 Å². The van der Waals surface area contributed by atoms with Gasteiger partial charge in [-0.3, -0.25) is 0 Å². The highest BCUT2D eigenvalue weighted by Gasteiger charge is 2.18. The van der Waals surface area contributed by atoms with Crippen LogP contribution in [-0.4, -0.2) is 32.5 Å². The van der Waals surface area contributed by atoms with Crippen LogP contribution >= 0.6 is 0 Å². The number of nitrogens with one attached hydrogen (secondary N) is 1. The highest BCUT2D eigenvalue weighted by molar-refractivity contribution is 5.79. The minimum Gasteiger partial charge on any atom is -0.493 e. The molecule has 1 aliphatic rings. The number of nitrogens with two attached hydrogens (primary N) is 2. The van der Waals surface area contributed by atoms with Crippen molar-refractivity contribution in [2.24, 2.45) is 16.6 Å². The molecule has 0 radical (unpaired) electrons. The average molecular weight is 251 g/mol. The van der Waals surface area contributed by atoms with Crippen LogP contribution < -0.4 is 30.8 Å². The van der Waals surface area contributed by atoms with Crippen molar-refractivity contribution in [3.63, 3.8) is 0 Å². The van der Waals surface area contributed by atoms with Crippen LogP contribution in [0.25, 0.3) is 0 Å². The third-order valence-corrected chi connectivity index (χ3v) is 2.28. The van der Waals surface area contributed by atoms with Crippen molar-refractivity contribution in [2.45, 2.75) is 0 Å². The predicted octanol–water partition coefficient (Wildman–Crippen LogP) is -1.85. The molecule has 0 saturated heterocycles. The summed E-state index contributed by atoms with van der Waals surface area (Å²) in [5, 5.41) is 6.26. The highest BCUT2D eigenvalue weighted by Crippen LogP contribution is 2.39. The molecule has 0 spiro atoms. The lowest BCUT2D eigenvalue weighted by Crippen LogP contribution is -2.63. The van der Waals surface area contributed by atoms with Crippen LogP contribution in [0.2, 0.25) is 0 Å². The largest absolute Gasteiger partial charge is 0.493 e. The molecule has 1 aliphatic heterocycles. The number of methoxy groups -OCH3 is 1. The molecule has 1 aromatic carbocycles. The second-order valence-electron chi connectivity index (χ2n) is 3.56. The summed E-state index contributed by atoms with van der Waals surface area (Å²) < 4.78 is 16.2. The summed E-state index contributed by atoms with van der Waals surface area (Å²) in [6.45, 7) is 1.03. The molecule has 18 heavy (non-hydrogen) atoms. The van der Waals surface area contributed by atoms with Gasteiger partial charge in [-0.15, -0.1) is 5.10 Å². The van der Waals surface area contributed by atoms with E-state index in [-0.39, 0.29) is 5.96 Å². The summed E-state index contributed by atoms with van der Waals surface area (Å²) in [4.78, 5) is 0. The first-order valence-electron chi connectivity index (χ1n) is 5.35. The molecular weight excluding hydrogens is 236 g/mol. The normalized spacial score (nSPS) is 13.4. The van der Waals surface area contributed by atoms with E-state index < -0.39 is 0 Å². The molecule has 7 heteroatoms. The lowest BCUT2D eigenvalue weighted by molar-refractivity contribution is -0.456. The standard InChI is InChI=1S/C11H14N4O3/c1-16-8-4-7(6-14-15-11(12)13)5-9-10(8)18-3-2-17-9/h4-6H,2-3H2,1H3,(H4,12,13,15)/p+1/b14-6+. The average Bonchev–Trinajstić information content (AvgIpc) is 2.37. The fourth-order valence-electron chi connectivity index (χ4n) is 1.56. The number of hydrazone groups is 1. The van der Waals surface area contributed by atoms with E-state index in [1.54, 1.807) is 19.4 Å². The zero-order valence-corrected chi connectivity index (χ0v) is 9.97. The van der Waals surface area contributed by atoms with Crippen molar-refractivity contribution in [3.8, 4) is 17.2 Å². The van der Waals surface area contributed by atoms with Gasteiger partial charge in [-0.05, 0) is 12.1 Å². The molecule has 0 aliphatic carbocycles. The van der Waals surface area contributed by atoms with Crippen molar-refractivity contribution < 1.29 is 19.3 Å². The Morgan fingerprint density at radius 3 is 2.89 bits per heavy atom. The summed E-state index contributed by atoms with van der Waals surface area (Å²) in [6.07, 6.45) is 1.63. The van der Waals surface area contributed by atoms with Crippen molar-refractivity contribution >= 4 is 12.2 Å². The van der Waals surface area contributed by atoms with Crippen LogP contribution in [-0.2, 0) is 0 Å². The first-order chi connectivity index (χ1) is 8.70. The van der Waals surface area contributed by atoms with E-state index in [1.807, 2.05) is 6.07 Å². The Morgan fingerprint density at radius 1 is 1.39 bits per heavy atom. The topological polar surface area (TPSA) is 106 Å². The Balaban J connectivity index is 2.32. The lowest BCUT2D eigenvalue weighted by Gasteiger charge is -2.20. The van der Waals surface area contributed by atoms with Gasteiger partial charge in [0.25, 0.3) is 5.96 Å². The lowest BCUT2D eigenvalue weighted by atomic mass is 10.2. The molecule has 1 aromatic rings. The molecule has 96 valence electrons. The van der Waals surface area contributed by atoms with Crippen LogP contribution in [0.1, 0.15) is 5.56 Å². The second kappa shape index (κ2) is 5.26. The molecule has 0 saturated carbocycles. The molecule has 0 bridgehead atoms. The molecule has 1 heterocycles. The molecule has 7 nitrogen and oxygen atoms in total. The van der Waals surface area contributed by atoms with E-state index in [1.165, 1.54) is 0 Å². The van der Waals surface area contributed by atoms with Gasteiger partial charge in [0.1, 0.15) is 13.2 Å². The number of hydrogen-bond acceptors (Lipinski definition) is 4. The quantitative estimate of drug-likeness (QED) is 0.332. The molecule has 2 rings (SSSR count). The maximum atomic E-state index is 5.50. The Bertz CT molecular complexity index is 478.